The van der Waals surface area contributed by atoms with Crippen LogP contribution in [-0.2, 0) is 11.3 Å². The third kappa shape index (κ3) is 4.11. The number of halogens is 1. The molecule has 0 aliphatic carbocycles. The molecule has 1 N–H and O–H groups in total. The van der Waals surface area contributed by atoms with Crippen LogP contribution < -0.4 is 19.9 Å². The van der Waals surface area contributed by atoms with Gasteiger partial charge in [-0.25, -0.2) is 14.1 Å². The van der Waals surface area contributed by atoms with Crippen molar-refractivity contribution in [2.75, 3.05) is 36.5 Å². The Morgan fingerprint density at radius 1 is 1.21 bits per heavy atom. The average Bonchev–Trinajstić information content (AvgIpc) is 3.21. The summed E-state index contributed by atoms with van der Waals surface area (Å²) in [4.78, 5) is 33.0. The zero-order valence-corrected chi connectivity index (χ0v) is 18.1. The van der Waals surface area contributed by atoms with Crippen molar-refractivity contribution in [2.24, 2.45) is 0 Å². The maximum atomic E-state index is 14.6. The molecule has 2 aliphatic heterocycles. The maximum Gasteiger partial charge on any atom is 0.291 e. The number of anilines is 2. The molecule has 1 saturated heterocycles. The van der Waals surface area contributed by atoms with Crippen molar-refractivity contribution in [2.45, 2.75) is 19.0 Å². The van der Waals surface area contributed by atoms with Gasteiger partial charge in [-0.2, -0.15) is 0 Å². The lowest BCUT2D eigenvalue weighted by Gasteiger charge is -2.34. The van der Waals surface area contributed by atoms with Gasteiger partial charge in [0.05, 0.1) is 17.9 Å². The molecule has 170 valence electrons. The lowest BCUT2D eigenvalue weighted by molar-refractivity contribution is -0.120. The molecule has 2 aromatic carbocycles. The Balaban J connectivity index is 1.29. The first-order valence-corrected chi connectivity index (χ1v) is 10.7. The first-order chi connectivity index (χ1) is 16.0. The highest BCUT2D eigenvalue weighted by atomic mass is 19.1. The summed E-state index contributed by atoms with van der Waals surface area (Å²) in [6, 6.07) is 11.6. The maximum absolute atomic E-state index is 14.6. The second-order valence-corrected chi connectivity index (χ2v) is 8.10. The van der Waals surface area contributed by atoms with Crippen LogP contribution in [0.25, 0.3) is 0 Å². The molecule has 3 heterocycles. The van der Waals surface area contributed by atoms with Crippen molar-refractivity contribution in [3.8, 4) is 5.75 Å². The summed E-state index contributed by atoms with van der Waals surface area (Å²) in [5, 5.41) is 6.85. The van der Waals surface area contributed by atoms with Crippen LogP contribution in [0.5, 0.6) is 5.75 Å². The van der Waals surface area contributed by atoms with Gasteiger partial charge >= 0.3 is 0 Å². The molecule has 10 heteroatoms. The fraction of sp³-hybridized carbons (Fsp3) is 0.304. The standard InChI is InChI=1S/C23H23FN6O3/c1-28-19-10-16(24)18(29-8-5-9-29)11-20(19)33-13-17(23(28)32)26-22(31)21-25-14-30(27-21)12-15-6-3-2-4-7-15/h2-4,6-7,10-11,14,17H,5,8-9,12-13H2,1H3,(H,26,31)/t17-/m0/s1. The Morgan fingerprint density at radius 3 is 2.73 bits per heavy atom. The van der Waals surface area contributed by atoms with E-state index in [0.29, 0.717) is 23.7 Å². The molecule has 0 radical (unpaired) electrons. The predicted octanol–water partition coefficient (Wildman–Crippen LogP) is 1.83. The zero-order valence-electron chi connectivity index (χ0n) is 18.1. The monoisotopic (exact) mass is 450 g/mol. The summed E-state index contributed by atoms with van der Waals surface area (Å²) in [6.45, 7) is 1.95. The molecule has 5 rings (SSSR count). The topological polar surface area (TPSA) is 92.6 Å². The molecule has 0 bridgehead atoms. The second-order valence-electron chi connectivity index (χ2n) is 8.10. The number of benzene rings is 2. The van der Waals surface area contributed by atoms with E-state index in [1.807, 2.05) is 35.2 Å². The average molecular weight is 450 g/mol. The van der Waals surface area contributed by atoms with Crippen molar-refractivity contribution in [1.82, 2.24) is 20.1 Å². The summed E-state index contributed by atoms with van der Waals surface area (Å²) in [6.07, 6.45) is 2.48. The van der Waals surface area contributed by atoms with Gasteiger partial charge in [-0.1, -0.05) is 30.3 Å². The fourth-order valence-corrected chi connectivity index (χ4v) is 3.88. The smallest absolute Gasteiger partial charge is 0.291 e. The van der Waals surface area contributed by atoms with E-state index in [9.17, 15) is 14.0 Å². The third-order valence-electron chi connectivity index (χ3n) is 5.85. The third-order valence-corrected chi connectivity index (χ3v) is 5.85. The van der Waals surface area contributed by atoms with Crippen LogP contribution in [-0.4, -0.2) is 59.4 Å². The number of hydrogen-bond donors (Lipinski definition) is 1. The number of carbonyl (C=O) groups excluding carboxylic acids is 2. The van der Waals surface area contributed by atoms with E-state index in [-0.39, 0.29) is 12.4 Å². The van der Waals surface area contributed by atoms with Gasteiger partial charge in [0.2, 0.25) is 5.82 Å². The quantitative estimate of drug-likeness (QED) is 0.638. The summed E-state index contributed by atoms with van der Waals surface area (Å²) in [5.74, 6) is -1.06. The largest absolute Gasteiger partial charge is 0.489 e. The molecule has 3 aromatic rings. The first kappa shape index (κ1) is 20.9. The predicted molar refractivity (Wildman–Crippen MR) is 119 cm³/mol. The van der Waals surface area contributed by atoms with Gasteiger partial charge in [0.1, 0.15) is 30.5 Å². The van der Waals surface area contributed by atoms with Gasteiger partial charge in [0, 0.05) is 32.3 Å². The first-order valence-electron chi connectivity index (χ1n) is 10.7. The zero-order chi connectivity index (χ0) is 22.9. The van der Waals surface area contributed by atoms with E-state index >= 15 is 0 Å². The van der Waals surface area contributed by atoms with Crippen LogP contribution in [0.2, 0.25) is 0 Å². The van der Waals surface area contributed by atoms with Gasteiger partial charge < -0.3 is 19.9 Å². The van der Waals surface area contributed by atoms with Crippen molar-refractivity contribution in [1.29, 1.82) is 0 Å². The number of ether oxygens (including phenoxy) is 1. The van der Waals surface area contributed by atoms with Gasteiger partial charge in [-0.15, -0.1) is 5.10 Å². The van der Waals surface area contributed by atoms with E-state index in [0.717, 1.165) is 25.1 Å². The number of nitrogens with one attached hydrogen (secondary N) is 1. The summed E-state index contributed by atoms with van der Waals surface area (Å²) >= 11 is 0. The second kappa shape index (κ2) is 8.53. The number of nitrogens with zero attached hydrogens (tertiary/aromatic N) is 5. The minimum Gasteiger partial charge on any atom is -0.489 e. The van der Waals surface area contributed by atoms with Gasteiger partial charge in [-0.05, 0) is 12.0 Å². The fourth-order valence-electron chi connectivity index (χ4n) is 3.88. The molecule has 1 atom stereocenters. The van der Waals surface area contributed by atoms with Crippen LogP contribution in [0.4, 0.5) is 15.8 Å². The number of rotatable bonds is 5. The highest BCUT2D eigenvalue weighted by molar-refractivity contribution is 6.02. The van der Waals surface area contributed by atoms with E-state index < -0.39 is 23.7 Å². The molecular weight excluding hydrogens is 427 g/mol. The highest BCUT2D eigenvalue weighted by Crippen LogP contribution is 2.37. The van der Waals surface area contributed by atoms with Crippen LogP contribution >= 0.6 is 0 Å². The van der Waals surface area contributed by atoms with Gasteiger partial charge in [0.15, 0.2) is 0 Å². The van der Waals surface area contributed by atoms with Crippen molar-refractivity contribution >= 4 is 23.2 Å². The van der Waals surface area contributed by atoms with Crippen molar-refractivity contribution < 1.29 is 18.7 Å². The summed E-state index contributed by atoms with van der Waals surface area (Å²) in [5.41, 5.74) is 1.80. The van der Waals surface area contributed by atoms with E-state index in [2.05, 4.69) is 15.4 Å². The molecule has 1 fully saturated rings. The Kier molecular flexibility index (Phi) is 5.41. The van der Waals surface area contributed by atoms with Crippen molar-refractivity contribution in [3.63, 3.8) is 0 Å². The number of aromatic nitrogens is 3. The van der Waals surface area contributed by atoms with Crippen LogP contribution in [0, 0.1) is 5.82 Å². The minimum absolute atomic E-state index is 0.0470. The molecule has 1 aromatic heterocycles. The number of fused-ring (bicyclic) bond motifs is 1. The van der Waals surface area contributed by atoms with Crippen molar-refractivity contribution in [3.05, 3.63) is 66.0 Å². The molecule has 2 amide bonds. The molecule has 0 spiro atoms. The van der Waals surface area contributed by atoms with E-state index in [1.54, 1.807) is 10.7 Å². The minimum atomic E-state index is -0.966. The Bertz CT molecular complexity index is 1190. The van der Waals surface area contributed by atoms with E-state index in [4.69, 9.17) is 4.74 Å². The Labute approximate surface area is 189 Å². The SMILES string of the molecule is CN1C(=O)[C@@H](NC(=O)c2ncn(Cc3ccccc3)n2)COc2cc(N3CCC3)c(F)cc21. The molecule has 0 unspecified atom stereocenters. The molecule has 9 nitrogen and oxygen atoms in total. The normalized spacial score (nSPS) is 17.6. The molecule has 2 aliphatic rings. The number of likely N-dealkylation sites (N-methyl/N-ethyl adjacent to an activating group) is 1. The van der Waals surface area contributed by atoms with Crippen LogP contribution in [0.15, 0.2) is 48.8 Å². The van der Waals surface area contributed by atoms with Gasteiger partial charge in [0.25, 0.3) is 11.8 Å². The van der Waals surface area contributed by atoms with E-state index in [1.165, 1.54) is 24.3 Å². The lowest BCUT2D eigenvalue weighted by atomic mass is 10.1. The van der Waals surface area contributed by atoms with Crippen LogP contribution in [0.1, 0.15) is 22.6 Å². The Morgan fingerprint density at radius 2 is 2.00 bits per heavy atom. The summed E-state index contributed by atoms with van der Waals surface area (Å²) < 4.78 is 22.0. The number of amides is 2. The highest BCUT2D eigenvalue weighted by Gasteiger charge is 2.33. The van der Waals surface area contributed by atoms with Gasteiger partial charge in [-0.3, -0.25) is 9.59 Å². The van der Waals surface area contributed by atoms with Crippen LogP contribution in [0.3, 0.4) is 0 Å². The molecule has 0 saturated carbocycles. The molecule has 33 heavy (non-hydrogen) atoms. The summed E-state index contributed by atoms with van der Waals surface area (Å²) in [7, 11) is 1.53. The molecular formula is C23H23FN6O3. The number of hydrogen-bond acceptors (Lipinski definition) is 6. The lowest BCUT2D eigenvalue weighted by Crippen LogP contribution is -2.49. The Hall–Kier alpha value is -3.95. The number of carbonyl (C=O) groups is 2.